The van der Waals surface area contributed by atoms with Crippen LogP contribution in [0.4, 0.5) is 0 Å². The van der Waals surface area contributed by atoms with Crippen molar-refractivity contribution in [3.05, 3.63) is 23.8 Å². The summed E-state index contributed by atoms with van der Waals surface area (Å²) in [6, 6.07) is 1.33. The zero-order chi connectivity index (χ0) is 14.8. The predicted molar refractivity (Wildman–Crippen MR) is 69.2 cm³/mol. The fraction of sp³-hybridized carbons (Fsp3) is 0.571. The first kappa shape index (κ1) is 17.3. The van der Waals surface area contributed by atoms with Crippen LogP contribution in [0.3, 0.4) is 0 Å². The summed E-state index contributed by atoms with van der Waals surface area (Å²) in [5, 5.41) is 10.8. The first-order chi connectivity index (χ1) is 10.1. The van der Waals surface area contributed by atoms with E-state index in [1.54, 1.807) is 0 Å². The van der Waals surface area contributed by atoms with Crippen molar-refractivity contribution in [1.82, 2.24) is 14.9 Å². The predicted octanol–water partition coefficient (Wildman–Crippen LogP) is -3.80. The van der Waals surface area contributed by atoms with E-state index >= 15 is 0 Å². The number of hydrogen-bond acceptors (Lipinski definition) is 6. The molecule has 0 atom stereocenters. The number of piperidine rings is 1. The van der Waals surface area contributed by atoms with Crippen molar-refractivity contribution < 1.29 is 49.0 Å². The molecule has 0 aromatic carbocycles. The molecule has 0 aliphatic carbocycles. The van der Waals surface area contributed by atoms with E-state index in [0.29, 0.717) is 32.1 Å². The number of ether oxygens (including phenoxy) is 1. The molecule has 0 unspecified atom stereocenters. The average Bonchev–Trinajstić information content (AvgIpc) is 2.46. The van der Waals surface area contributed by atoms with Gasteiger partial charge in [0.25, 0.3) is 0 Å². The summed E-state index contributed by atoms with van der Waals surface area (Å²) in [4.78, 5) is 33.0. The number of aromatic nitrogens is 2. The van der Waals surface area contributed by atoms with Gasteiger partial charge in [0.05, 0.1) is 30.8 Å². The Labute approximate surface area is 150 Å². The number of carbonyl (C=O) groups excluding carboxylic acids is 2. The van der Waals surface area contributed by atoms with Gasteiger partial charge in [0.15, 0.2) is 0 Å². The van der Waals surface area contributed by atoms with E-state index in [1.807, 2.05) is 4.90 Å². The summed E-state index contributed by atoms with van der Waals surface area (Å²) >= 11 is 0. The molecule has 3 heterocycles. The van der Waals surface area contributed by atoms with Crippen LogP contribution in [0.2, 0.25) is 0 Å². The van der Waals surface area contributed by atoms with Gasteiger partial charge in [0.2, 0.25) is 5.91 Å². The van der Waals surface area contributed by atoms with Crippen LogP contribution in [0, 0.1) is 5.92 Å². The zero-order valence-electron chi connectivity index (χ0n) is 12.5. The van der Waals surface area contributed by atoms with Crippen molar-refractivity contribution in [3.63, 3.8) is 0 Å². The molecule has 2 aliphatic heterocycles. The molecule has 8 heteroatoms. The van der Waals surface area contributed by atoms with E-state index in [9.17, 15) is 14.7 Å². The monoisotopic (exact) mass is 313 g/mol. The van der Waals surface area contributed by atoms with Crippen LogP contribution in [0.15, 0.2) is 12.3 Å². The number of hydrogen-bond donors (Lipinski definition) is 0. The molecule has 22 heavy (non-hydrogen) atoms. The molecule has 3 rings (SSSR count). The van der Waals surface area contributed by atoms with Crippen molar-refractivity contribution >= 4 is 11.9 Å². The van der Waals surface area contributed by atoms with E-state index in [1.165, 1.54) is 12.3 Å². The number of carboxylic acids is 1. The summed E-state index contributed by atoms with van der Waals surface area (Å²) in [6.45, 7) is 2.35. The number of carbonyl (C=O) groups is 2. The van der Waals surface area contributed by atoms with Gasteiger partial charge in [-0.05, 0) is 18.9 Å². The third-order valence-electron chi connectivity index (χ3n) is 4.04. The number of aromatic carboxylic acids is 1. The van der Waals surface area contributed by atoms with Crippen LogP contribution in [-0.2, 0) is 9.53 Å². The number of nitrogens with zero attached hydrogens (tertiary/aromatic N) is 3. The van der Waals surface area contributed by atoms with Crippen LogP contribution >= 0.6 is 0 Å². The SMILES string of the molecule is O=C([O-])c1ccnc(C2CCN(C(=O)C3COC3)CC2)n1.[Na+]. The quantitative estimate of drug-likeness (QED) is 0.531. The van der Waals surface area contributed by atoms with Gasteiger partial charge in [-0.1, -0.05) is 0 Å². The molecule has 2 aliphatic rings. The Kier molecular flexibility index (Phi) is 5.91. The summed E-state index contributed by atoms with van der Waals surface area (Å²) in [7, 11) is 0. The maximum Gasteiger partial charge on any atom is 1.00 e. The van der Waals surface area contributed by atoms with Crippen LogP contribution < -0.4 is 34.7 Å². The second-order valence-corrected chi connectivity index (χ2v) is 5.42. The molecular formula is C14H16N3NaO4. The summed E-state index contributed by atoms with van der Waals surface area (Å²) in [5.74, 6) is -0.513. The van der Waals surface area contributed by atoms with Crippen molar-refractivity contribution in [2.45, 2.75) is 18.8 Å². The summed E-state index contributed by atoms with van der Waals surface area (Å²) in [6.07, 6.45) is 2.93. The minimum atomic E-state index is -1.30. The van der Waals surface area contributed by atoms with E-state index in [2.05, 4.69) is 9.97 Å². The van der Waals surface area contributed by atoms with Crippen molar-refractivity contribution in [1.29, 1.82) is 0 Å². The van der Waals surface area contributed by atoms with Crippen molar-refractivity contribution in [2.24, 2.45) is 5.92 Å². The van der Waals surface area contributed by atoms with Crippen molar-refractivity contribution in [3.8, 4) is 0 Å². The number of carboxylic acid groups (broad SMARTS) is 1. The molecule has 0 saturated carbocycles. The molecule has 7 nitrogen and oxygen atoms in total. The fourth-order valence-electron chi connectivity index (χ4n) is 2.68. The Morgan fingerprint density at radius 2 is 1.95 bits per heavy atom. The molecule has 0 radical (unpaired) electrons. The number of likely N-dealkylation sites (tertiary alicyclic amines) is 1. The number of rotatable bonds is 3. The molecule has 0 bridgehead atoms. The van der Waals surface area contributed by atoms with Crippen LogP contribution in [0.5, 0.6) is 0 Å². The largest absolute Gasteiger partial charge is 1.00 e. The maximum absolute atomic E-state index is 12.1. The first-order valence-corrected chi connectivity index (χ1v) is 7.06. The normalized spacial score (nSPS) is 19.2. The van der Waals surface area contributed by atoms with Gasteiger partial charge in [-0.25, -0.2) is 9.97 Å². The molecular weight excluding hydrogens is 297 g/mol. The van der Waals surface area contributed by atoms with Crippen LogP contribution in [0.25, 0.3) is 0 Å². The van der Waals surface area contributed by atoms with Gasteiger partial charge in [-0.15, -0.1) is 0 Å². The van der Waals surface area contributed by atoms with Gasteiger partial charge >= 0.3 is 29.6 Å². The molecule has 112 valence electrons. The summed E-state index contributed by atoms with van der Waals surface area (Å²) in [5.41, 5.74) is -0.0925. The standard InChI is InChI=1S/C14H17N3O4.Na/c18-13(10-7-21-8-10)17-5-2-9(3-6-17)12-15-4-1-11(16-12)14(19)20;/h1,4,9-10H,2-3,5-8H2,(H,19,20);/q;+1/p-1. The Morgan fingerprint density at radius 1 is 1.27 bits per heavy atom. The van der Waals surface area contributed by atoms with E-state index in [0.717, 1.165) is 12.8 Å². The second kappa shape index (κ2) is 7.50. The van der Waals surface area contributed by atoms with Gasteiger partial charge in [-0.3, -0.25) is 4.79 Å². The first-order valence-electron chi connectivity index (χ1n) is 7.06. The summed E-state index contributed by atoms with van der Waals surface area (Å²) < 4.78 is 5.04. The van der Waals surface area contributed by atoms with Gasteiger partial charge in [0.1, 0.15) is 5.82 Å². The van der Waals surface area contributed by atoms with E-state index in [4.69, 9.17) is 4.74 Å². The molecule has 0 spiro atoms. The van der Waals surface area contributed by atoms with Crippen LogP contribution in [-0.4, -0.2) is 53.0 Å². The van der Waals surface area contributed by atoms with E-state index in [-0.39, 0.29) is 53.0 Å². The molecule has 2 saturated heterocycles. The van der Waals surface area contributed by atoms with Crippen molar-refractivity contribution in [2.75, 3.05) is 26.3 Å². The number of amides is 1. The smallest absolute Gasteiger partial charge is 0.543 e. The molecule has 0 N–H and O–H groups in total. The third kappa shape index (κ3) is 3.65. The Morgan fingerprint density at radius 3 is 2.50 bits per heavy atom. The molecule has 1 amide bonds. The Balaban J connectivity index is 0.00000176. The topological polar surface area (TPSA) is 95.5 Å². The minimum absolute atomic E-state index is 0. The second-order valence-electron chi connectivity index (χ2n) is 5.42. The van der Waals surface area contributed by atoms with Gasteiger partial charge in [0, 0.05) is 25.2 Å². The Bertz CT molecular complexity index is 557. The fourth-order valence-corrected chi connectivity index (χ4v) is 2.68. The molecule has 2 fully saturated rings. The molecule has 1 aromatic heterocycles. The minimum Gasteiger partial charge on any atom is -0.543 e. The third-order valence-corrected chi connectivity index (χ3v) is 4.04. The Hall–Kier alpha value is -1.02. The zero-order valence-corrected chi connectivity index (χ0v) is 14.5. The average molecular weight is 313 g/mol. The molecule has 1 aromatic rings. The van der Waals surface area contributed by atoms with Crippen LogP contribution in [0.1, 0.15) is 35.1 Å². The van der Waals surface area contributed by atoms with Gasteiger partial charge in [-0.2, -0.15) is 0 Å². The van der Waals surface area contributed by atoms with Gasteiger partial charge < -0.3 is 19.5 Å². The maximum atomic E-state index is 12.1. The van der Waals surface area contributed by atoms with E-state index < -0.39 is 5.97 Å².